The van der Waals surface area contributed by atoms with E-state index in [1.165, 1.54) is 18.4 Å². The predicted molar refractivity (Wildman–Crippen MR) is 87.9 cm³/mol. The molecule has 0 fully saturated rings. The molecule has 0 aliphatic heterocycles. The van der Waals surface area contributed by atoms with Crippen molar-refractivity contribution < 1.29 is 14.3 Å². The minimum atomic E-state index is -0.794. The second-order valence-electron chi connectivity index (χ2n) is 5.22. The van der Waals surface area contributed by atoms with Crippen LogP contribution in [0.3, 0.4) is 0 Å². The van der Waals surface area contributed by atoms with Crippen LogP contribution in [-0.2, 0) is 22.6 Å². The summed E-state index contributed by atoms with van der Waals surface area (Å²) in [4.78, 5) is 29.7. The van der Waals surface area contributed by atoms with Crippen molar-refractivity contribution in [1.29, 1.82) is 0 Å². The molecular weight excluding hydrogens is 314 g/mol. The van der Waals surface area contributed by atoms with Gasteiger partial charge in [0.05, 0.1) is 16.4 Å². The Morgan fingerprint density at radius 3 is 2.87 bits per heavy atom. The monoisotopic (exact) mass is 333 g/mol. The summed E-state index contributed by atoms with van der Waals surface area (Å²) in [7, 11) is 1.37. The third-order valence-corrected chi connectivity index (χ3v) is 4.03. The number of imide groups is 1. The van der Waals surface area contributed by atoms with Gasteiger partial charge in [-0.1, -0.05) is 29.8 Å². The number of hydrogen-bond donors (Lipinski definition) is 1. The van der Waals surface area contributed by atoms with E-state index >= 15 is 0 Å². The molecule has 6 nitrogen and oxygen atoms in total. The van der Waals surface area contributed by atoms with Crippen LogP contribution in [0.1, 0.15) is 16.0 Å². The van der Waals surface area contributed by atoms with Crippen molar-refractivity contribution in [1.82, 2.24) is 9.88 Å². The molecule has 1 aromatic heterocycles. The molecule has 1 heterocycles. The van der Waals surface area contributed by atoms with Crippen molar-refractivity contribution in [2.24, 2.45) is 5.73 Å². The molecular formula is C16H19N3O3S. The van der Waals surface area contributed by atoms with Gasteiger partial charge in [-0.2, -0.15) is 0 Å². The molecule has 2 amide bonds. The van der Waals surface area contributed by atoms with Crippen LogP contribution < -0.4 is 5.73 Å². The molecule has 0 aliphatic rings. The van der Waals surface area contributed by atoms with E-state index < -0.39 is 18.0 Å². The summed E-state index contributed by atoms with van der Waals surface area (Å²) in [6, 6.07) is 6.96. The number of amides is 2. The zero-order valence-electron chi connectivity index (χ0n) is 13.1. The minimum Gasteiger partial charge on any atom is -0.443 e. The van der Waals surface area contributed by atoms with Crippen molar-refractivity contribution >= 4 is 23.3 Å². The van der Waals surface area contributed by atoms with Crippen LogP contribution in [-0.4, -0.2) is 35.0 Å². The molecule has 1 aromatic carbocycles. The second-order valence-corrected chi connectivity index (χ2v) is 6.19. The first kappa shape index (κ1) is 17.1. The average Bonchev–Trinajstić information content (AvgIpc) is 3.04. The number of ether oxygens (including phenoxy) is 1. The van der Waals surface area contributed by atoms with E-state index in [1.807, 2.05) is 31.2 Å². The fourth-order valence-electron chi connectivity index (χ4n) is 2.06. The highest BCUT2D eigenvalue weighted by molar-refractivity contribution is 7.09. The molecule has 0 aliphatic carbocycles. The van der Waals surface area contributed by atoms with Crippen LogP contribution in [0.2, 0.25) is 0 Å². The van der Waals surface area contributed by atoms with Crippen LogP contribution in [0.15, 0.2) is 36.0 Å². The Morgan fingerprint density at radius 2 is 2.22 bits per heavy atom. The highest BCUT2D eigenvalue weighted by atomic mass is 32.1. The third-order valence-electron chi connectivity index (χ3n) is 3.28. The Morgan fingerprint density at radius 1 is 1.43 bits per heavy atom. The van der Waals surface area contributed by atoms with Gasteiger partial charge in [-0.05, 0) is 18.9 Å². The summed E-state index contributed by atoms with van der Waals surface area (Å²) in [5.41, 5.74) is 9.62. The van der Waals surface area contributed by atoms with Crippen LogP contribution >= 0.6 is 11.3 Å². The molecule has 23 heavy (non-hydrogen) atoms. The first-order valence-electron chi connectivity index (χ1n) is 7.10. The maximum atomic E-state index is 12.2. The van der Waals surface area contributed by atoms with E-state index in [9.17, 15) is 9.59 Å². The van der Waals surface area contributed by atoms with Gasteiger partial charge < -0.3 is 10.5 Å². The van der Waals surface area contributed by atoms with Crippen molar-refractivity contribution in [3.05, 3.63) is 52.0 Å². The summed E-state index contributed by atoms with van der Waals surface area (Å²) in [5.74, 6) is -0.471. The summed E-state index contributed by atoms with van der Waals surface area (Å²) in [6.07, 6.45) is 1.26. The number of thiazole rings is 1. The largest absolute Gasteiger partial charge is 0.443 e. The molecule has 122 valence electrons. The van der Waals surface area contributed by atoms with Gasteiger partial charge in [0.2, 0.25) is 5.91 Å². The molecule has 0 spiro atoms. The lowest BCUT2D eigenvalue weighted by Gasteiger charge is -2.19. The zero-order chi connectivity index (χ0) is 16.8. The lowest BCUT2D eigenvalue weighted by Crippen LogP contribution is -2.45. The second kappa shape index (κ2) is 7.85. The van der Waals surface area contributed by atoms with Gasteiger partial charge >= 0.3 is 6.09 Å². The van der Waals surface area contributed by atoms with E-state index in [2.05, 4.69) is 4.98 Å². The number of benzene rings is 1. The highest BCUT2D eigenvalue weighted by Gasteiger charge is 2.24. The van der Waals surface area contributed by atoms with Crippen LogP contribution in [0.5, 0.6) is 0 Å². The molecule has 1 unspecified atom stereocenters. The molecule has 0 saturated carbocycles. The number of aromatic nitrogens is 1. The molecule has 2 rings (SSSR count). The number of nitrogens with two attached hydrogens (primary N) is 1. The molecule has 2 aromatic rings. The van der Waals surface area contributed by atoms with E-state index in [4.69, 9.17) is 10.5 Å². The average molecular weight is 333 g/mol. The third kappa shape index (κ3) is 4.87. The van der Waals surface area contributed by atoms with Gasteiger partial charge in [-0.3, -0.25) is 9.78 Å². The van der Waals surface area contributed by atoms with E-state index in [1.54, 1.807) is 11.7 Å². The van der Waals surface area contributed by atoms with Crippen molar-refractivity contribution in [3.63, 3.8) is 0 Å². The van der Waals surface area contributed by atoms with E-state index in [-0.39, 0.29) is 6.61 Å². The van der Waals surface area contributed by atoms with Crippen LogP contribution in [0, 0.1) is 6.92 Å². The topological polar surface area (TPSA) is 85.5 Å². The van der Waals surface area contributed by atoms with Crippen LogP contribution in [0.4, 0.5) is 4.79 Å². The summed E-state index contributed by atoms with van der Waals surface area (Å²) < 4.78 is 5.07. The van der Waals surface area contributed by atoms with E-state index in [0.29, 0.717) is 6.42 Å². The fourth-order valence-corrected chi connectivity index (χ4v) is 2.57. The van der Waals surface area contributed by atoms with Gasteiger partial charge in [0.15, 0.2) is 0 Å². The Labute approximate surface area is 138 Å². The van der Waals surface area contributed by atoms with Gasteiger partial charge in [-0.15, -0.1) is 11.3 Å². The quantitative estimate of drug-likeness (QED) is 0.906. The molecule has 2 N–H and O–H groups in total. The zero-order valence-corrected chi connectivity index (χ0v) is 13.9. The Bertz CT molecular complexity index is 673. The molecule has 0 saturated heterocycles. The lowest BCUT2D eigenvalue weighted by molar-refractivity contribution is -0.129. The maximum Gasteiger partial charge on any atom is 0.416 e. The Balaban J connectivity index is 1.88. The van der Waals surface area contributed by atoms with E-state index in [0.717, 1.165) is 20.9 Å². The molecule has 0 bridgehead atoms. The lowest BCUT2D eigenvalue weighted by atomic mass is 10.0. The Kier molecular flexibility index (Phi) is 5.84. The van der Waals surface area contributed by atoms with Gasteiger partial charge in [0.25, 0.3) is 0 Å². The number of rotatable bonds is 5. The standard InChI is InChI=1S/C16H19N3O3S/c1-11-4-3-5-12(6-11)7-14(17)15(20)19(2)16(21)22-9-13-8-18-10-23-13/h3-6,8,10,14H,7,9,17H2,1-2H3. The van der Waals surface area contributed by atoms with Gasteiger partial charge in [0, 0.05) is 13.2 Å². The highest BCUT2D eigenvalue weighted by Crippen LogP contribution is 2.10. The Hall–Kier alpha value is -2.25. The molecule has 0 radical (unpaired) electrons. The maximum absolute atomic E-state index is 12.2. The summed E-state index contributed by atoms with van der Waals surface area (Å²) in [6.45, 7) is 2.06. The minimum absolute atomic E-state index is 0.0915. The normalized spacial score (nSPS) is 11.8. The fraction of sp³-hybridized carbons (Fsp3) is 0.312. The first-order chi connectivity index (χ1) is 11.0. The first-order valence-corrected chi connectivity index (χ1v) is 7.98. The van der Waals surface area contributed by atoms with Crippen LogP contribution in [0.25, 0.3) is 0 Å². The summed E-state index contributed by atoms with van der Waals surface area (Å²) >= 11 is 1.38. The number of carbonyl (C=O) groups is 2. The van der Waals surface area contributed by atoms with Gasteiger partial charge in [0.1, 0.15) is 6.61 Å². The predicted octanol–water partition coefficient (Wildman–Crippen LogP) is 2.12. The number of nitrogens with zero attached hydrogens (tertiary/aromatic N) is 2. The number of aryl methyl sites for hydroxylation is 1. The number of hydrogen-bond acceptors (Lipinski definition) is 6. The van der Waals surface area contributed by atoms with Crippen molar-refractivity contribution in [2.45, 2.75) is 26.0 Å². The smallest absolute Gasteiger partial charge is 0.416 e. The summed E-state index contributed by atoms with van der Waals surface area (Å²) in [5, 5.41) is 0. The number of likely N-dealkylation sites (N-methyl/N-ethyl adjacent to an activating group) is 1. The number of carbonyl (C=O) groups excluding carboxylic acids is 2. The van der Waals surface area contributed by atoms with Crippen molar-refractivity contribution in [2.75, 3.05) is 7.05 Å². The SMILES string of the molecule is Cc1cccc(CC(N)C(=O)N(C)C(=O)OCc2cncs2)c1. The van der Waals surface area contributed by atoms with Crippen molar-refractivity contribution in [3.8, 4) is 0 Å². The molecule has 1 atom stereocenters. The van der Waals surface area contributed by atoms with Gasteiger partial charge in [-0.25, -0.2) is 9.69 Å². The molecule has 7 heteroatoms.